The monoisotopic (exact) mass is 291 g/mol. The first kappa shape index (κ1) is 13.9. The molecule has 2 aromatic rings. The van der Waals surface area contributed by atoms with Gasteiger partial charge in [0.1, 0.15) is 11.3 Å². The maximum Gasteiger partial charge on any atom is 0.160 e. The van der Waals surface area contributed by atoms with Gasteiger partial charge in [-0.3, -0.25) is 0 Å². The van der Waals surface area contributed by atoms with E-state index >= 15 is 0 Å². The highest BCUT2D eigenvalue weighted by atomic mass is 35.5. The Bertz CT molecular complexity index is 630. The Balaban J connectivity index is 2.12. The number of hydrogen-bond acceptors (Lipinski definition) is 2. The van der Waals surface area contributed by atoms with Gasteiger partial charge in [-0.25, -0.2) is 9.97 Å². The summed E-state index contributed by atoms with van der Waals surface area (Å²) in [5, 5.41) is 0. The molecule has 4 heteroatoms. The maximum absolute atomic E-state index is 5.96. The number of aryl methyl sites for hydroxylation is 2. The normalized spacial score (nSPS) is 21.7. The minimum absolute atomic E-state index is 0.420. The van der Waals surface area contributed by atoms with Crippen molar-refractivity contribution in [1.82, 2.24) is 14.5 Å². The summed E-state index contributed by atoms with van der Waals surface area (Å²) in [4.78, 5) is 9.40. The molecule has 1 unspecified atom stereocenters. The van der Waals surface area contributed by atoms with Crippen molar-refractivity contribution < 1.29 is 0 Å². The zero-order valence-electron chi connectivity index (χ0n) is 12.5. The fourth-order valence-corrected chi connectivity index (χ4v) is 3.59. The molecule has 3 nitrogen and oxygen atoms in total. The van der Waals surface area contributed by atoms with E-state index in [0.29, 0.717) is 17.3 Å². The summed E-state index contributed by atoms with van der Waals surface area (Å²) in [5.74, 6) is 1.71. The van der Waals surface area contributed by atoms with Crippen molar-refractivity contribution in [3.8, 4) is 0 Å². The van der Waals surface area contributed by atoms with Gasteiger partial charge in [0.25, 0.3) is 0 Å². The molecule has 0 saturated heterocycles. The Morgan fingerprint density at radius 1 is 1.45 bits per heavy atom. The van der Waals surface area contributed by atoms with Crippen LogP contribution < -0.4 is 0 Å². The lowest BCUT2D eigenvalue weighted by molar-refractivity contribution is 0.358. The van der Waals surface area contributed by atoms with Crippen molar-refractivity contribution in [2.45, 2.75) is 52.5 Å². The number of fused-ring (bicyclic) bond motifs is 1. The summed E-state index contributed by atoms with van der Waals surface area (Å²) in [6, 6.07) is 2.55. The highest BCUT2D eigenvalue weighted by Crippen LogP contribution is 2.44. The van der Waals surface area contributed by atoms with Crippen LogP contribution in [0.5, 0.6) is 0 Å². The second kappa shape index (κ2) is 5.03. The van der Waals surface area contributed by atoms with E-state index < -0.39 is 0 Å². The van der Waals surface area contributed by atoms with Gasteiger partial charge in [-0.15, -0.1) is 11.6 Å². The Labute approximate surface area is 125 Å². The van der Waals surface area contributed by atoms with E-state index in [2.05, 4.69) is 30.3 Å². The molecular weight excluding hydrogens is 270 g/mol. The van der Waals surface area contributed by atoms with Crippen LogP contribution in [0.15, 0.2) is 12.3 Å². The minimum atomic E-state index is 0.420. The number of halogens is 1. The number of alkyl halides is 1. The maximum atomic E-state index is 5.96. The molecule has 0 radical (unpaired) electrons. The zero-order chi connectivity index (χ0) is 14.3. The van der Waals surface area contributed by atoms with E-state index in [-0.39, 0.29) is 0 Å². The van der Waals surface area contributed by atoms with Gasteiger partial charge in [0.2, 0.25) is 0 Å². The molecule has 2 aromatic heterocycles. The van der Waals surface area contributed by atoms with Crippen molar-refractivity contribution in [2.24, 2.45) is 5.41 Å². The number of imidazole rings is 1. The van der Waals surface area contributed by atoms with E-state index in [1.54, 1.807) is 0 Å². The van der Waals surface area contributed by atoms with Crippen molar-refractivity contribution in [2.75, 3.05) is 5.88 Å². The Morgan fingerprint density at radius 2 is 2.25 bits per heavy atom. The van der Waals surface area contributed by atoms with Crippen LogP contribution >= 0.6 is 11.6 Å². The molecule has 0 aliphatic heterocycles. The standard InChI is InChI=1S/C16H22ClN3/c1-11-6-9-18-15-14(11)19-13(5-8-17)20(15)12-4-7-16(2,3)10-12/h6,9,12H,4-5,7-8,10H2,1-3H3. The van der Waals surface area contributed by atoms with Crippen LogP contribution in [0.3, 0.4) is 0 Å². The molecule has 1 atom stereocenters. The van der Waals surface area contributed by atoms with Gasteiger partial charge in [0.15, 0.2) is 5.65 Å². The molecule has 1 aliphatic rings. The van der Waals surface area contributed by atoms with Gasteiger partial charge < -0.3 is 4.57 Å². The molecule has 1 fully saturated rings. The van der Waals surface area contributed by atoms with Gasteiger partial charge >= 0.3 is 0 Å². The second-order valence-corrected chi connectivity index (χ2v) is 7.08. The molecular formula is C16H22ClN3. The zero-order valence-corrected chi connectivity index (χ0v) is 13.2. The fraction of sp³-hybridized carbons (Fsp3) is 0.625. The SMILES string of the molecule is Cc1ccnc2c1nc(CCCl)n2C1CCC(C)(C)C1. The Hall–Kier alpha value is -1.09. The topological polar surface area (TPSA) is 30.7 Å². The molecule has 0 spiro atoms. The third kappa shape index (κ3) is 2.32. The highest BCUT2D eigenvalue weighted by Gasteiger charge is 2.34. The molecule has 1 aliphatic carbocycles. The van der Waals surface area contributed by atoms with Gasteiger partial charge in [-0.2, -0.15) is 0 Å². The van der Waals surface area contributed by atoms with Crippen molar-refractivity contribution in [3.05, 3.63) is 23.7 Å². The predicted octanol–water partition coefficient (Wildman–Crippen LogP) is 4.27. The molecule has 0 aromatic carbocycles. The molecule has 20 heavy (non-hydrogen) atoms. The Morgan fingerprint density at radius 3 is 2.90 bits per heavy atom. The number of nitrogens with zero attached hydrogens (tertiary/aromatic N) is 3. The van der Waals surface area contributed by atoms with Crippen molar-refractivity contribution in [1.29, 1.82) is 0 Å². The predicted molar refractivity (Wildman–Crippen MR) is 83.4 cm³/mol. The van der Waals surface area contributed by atoms with Gasteiger partial charge in [0.05, 0.1) is 0 Å². The molecule has 0 amide bonds. The highest BCUT2D eigenvalue weighted by molar-refractivity contribution is 6.17. The first-order chi connectivity index (χ1) is 9.52. The molecule has 108 valence electrons. The average molecular weight is 292 g/mol. The lowest BCUT2D eigenvalue weighted by Gasteiger charge is -2.19. The summed E-state index contributed by atoms with van der Waals surface area (Å²) in [6.45, 7) is 6.81. The number of pyridine rings is 1. The molecule has 1 saturated carbocycles. The van der Waals surface area contributed by atoms with Crippen molar-refractivity contribution in [3.63, 3.8) is 0 Å². The van der Waals surface area contributed by atoms with Crippen LogP contribution in [0, 0.1) is 12.3 Å². The summed E-state index contributed by atoms with van der Waals surface area (Å²) < 4.78 is 2.36. The Kier molecular flexibility index (Phi) is 3.49. The van der Waals surface area contributed by atoms with Crippen LogP contribution in [-0.2, 0) is 6.42 Å². The van der Waals surface area contributed by atoms with Crippen LogP contribution in [0.2, 0.25) is 0 Å². The molecule has 2 heterocycles. The number of aromatic nitrogens is 3. The summed E-state index contributed by atoms with van der Waals surface area (Å²) >= 11 is 5.96. The molecule has 0 N–H and O–H groups in total. The summed E-state index contributed by atoms with van der Waals surface area (Å²) in [5.41, 5.74) is 3.69. The fourth-order valence-electron chi connectivity index (χ4n) is 3.42. The first-order valence-electron chi connectivity index (χ1n) is 7.40. The lowest BCUT2D eigenvalue weighted by Crippen LogP contribution is -2.13. The first-order valence-corrected chi connectivity index (χ1v) is 7.94. The lowest BCUT2D eigenvalue weighted by atomic mass is 9.92. The quantitative estimate of drug-likeness (QED) is 0.791. The smallest absolute Gasteiger partial charge is 0.160 e. The van der Waals surface area contributed by atoms with E-state index in [4.69, 9.17) is 16.6 Å². The molecule has 3 rings (SSSR count). The average Bonchev–Trinajstić information content (AvgIpc) is 2.91. The summed E-state index contributed by atoms with van der Waals surface area (Å²) in [6.07, 6.45) is 6.38. The molecule has 0 bridgehead atoms. The number of rotatable bonds is 3. The number of hydrogen-bond donors (Lipinski definition) is 0. The second-order valence-electron chi connectivity index (χ2n) is 6.70. The van der Waals surface area contributed by atoms with Gasteiger partial charge in [-0.1, -0.05) is 13.8 Å². The third-order valence-electron chi connectivity index (χ3n) is 4.48. The van der Waals surface area contributed by atoms with Gasteiger partial charge in [0, 0.05) is 24.5 Å². The van der Waals surface area contributed by atoms with E-state index in [1.807, 2.05) is 12.3 Å². The van der Waals surface area contributed by atoms with E-state index in [9.17, 15) is 0 Å². The minimum Gasteiger partial charge on any atom is -0.310 e. The largest absolute Gasteiger partial charge is 0.310 e. The third-order valence-corrected chi connectivity index (χ3v) is 4.67. The van der Waals surface area contributed by atoms with E-state index in [1.165, 1.54) is 24.8 Å². The van der Waals surface area contributed by atoms with Crippen LogP contribution in [0.1, 0.15) is 50.5 Å². The van der Waals surface area contributed by atoms with Gasteiger partial charge in [-0.05, 0) is 43.2 Å². The summed E-state index contributed by atoms with van der Waals surface area (Å²) in [7, 11) is 0. The van der Waals surface area contributed by atoms with Crippen molar-refractivity contribution >= 4 is 22.8 Å². The van der Waals surface area contributed by atoms with E-state index in [0.717, 1.165) is 23.4 Å². The van der Waals surface area contributed by atoms with Crippen LogP contribution in [0.4, 0.5) is 0 Å². The van der Waals surface area contributed by atoms with Crippen LogP contribution in [0.25, 0.3) is 11.2 Å². The van der Waals surface area contributed by atoms with Crippen LogP contribution in [-0.4, -0.2) is 20.4 Å².